The Morgan fingerprint density at radius 2 is 2.28 bits per heavy atom. The first kappa shape index (κ1) is 12.9. The van der Waals surface area contributed by atoms with E-state index in [0.29, 0.717) is 6.61 Å². The predicted molar refractivity (Wildman–Crippen MR) is 74.1 cm³/mol. The van der Waals surface area contributed by atoms with Crippen LogP contribution in [0.4, 0.5) is 5.82 Å². The molecule has 5 heteroatoms. The zero-order valence-electron chi connectivity index (χ0n) is 10.5. The van der Waals surface area contributed by atoms with Gasteiger partial charge >= 0.3 is 0 Å². The maximum atomic E-state index is 5.99. The first-order chi connectivity index (χ1) is 8.72. The van der Waals surface area contributed by atoms with Crippen molar-refractivity contribution < 1.29 is 4.74 Å². The summed E-state index contributed by atoms with van der Waals surface area (Å²) in [6.07, 6.45) is 0. The van der Waals surface area contributed by atoms with Crippen LogP contribution in [0, 0.1) is 6.92 Å². The molecule has 1 aromatic heterocycles. The van der Waals surface area contributed by atoms with E-state index in [1.165, 1.54) is 0 Å². The molecule has 0 aliphatic carbocycles. The van der Waals surface area contributed by atoms with Crippen LogP contribution in [0.2, 0.25) is 5.02 Å². The Hall–Kier alpha value is -1.52. The lowest BCUT2D eigenvalue weighted by atomic mass is 10.1. The van der Waals surface area contributed by atoms with Crippen LogP contribution in [-0.4, -0.2) is 30.5 Å². The number of methoxy groups -OCH3 is 1. The number of hydrogen-bond acceptors (Lipinski definition) is 3. The largest absolute Gasteiger partial charge is 0.383 e. The van der Waals surface area contributed by atoms with Gasteiger partial charge in [-0.3, -0.25) is 5.10 Å². The lowest BCUT2D eigenvalue weighted by Gasteiger charge is -2.04. The van der Waals surface area contributed by atoms with E-state index in [-0.39, 0.29) is 0 Å². The second kappa shape index (κ2) is 5.89. The van der Waals surface area contributed by atoms with Crippen LogP contribution in [-0.2, 0) is 4.74 Å². The van der Waals surface area contributed by atoms with Crippen molar-refractivity contribution in [2.75, 3.05) is 25.6 Å². The summed E-state index contributed by atoms with van der Waals surface area (Å²) in [5, 5.41) is 11.2. The van der Waals surface area contributed by atoms with Gasteiger partial charge in [-0.2, -0.15) is 5.10 Å². The number of hydrogen-bond donors (Lipinski definition) is 2. The number of ether oxygens (including phenoxy) is 1. The van der Waals surface area contributed by atoms with Gasteiger partial charge in [0.1, 0.15) is 0 Å². The molecule has 0 saturated heterocycles. The van der Waals surface area contributed by atoms with Gasteiger partial charge in [0, 0.05) is 29.8 Å². The molecule has 2 rings (SSSR count). The summed E-state index contributed by atoms with van der Waals surface area (Å²) in [6, 6.07) is 7.71. The van der Waals surface area contributed by atoms with Gasteiger partial charge in [-0.15, -0.1) is 0 Å². The van der Waals surface area contributed by atoms with Crippen LogP contribution in [0.15, 0.2) is 24.3 Å². The highest BCUT2D eigenvalue weighted by Crippen LogP contribution is 2.27. The Balaban J connectivity index is 2.20. The number of H-pyrrole nitrogens is 1. The molecule has 2 N–H and O–H groups in total. The van der Waals surface area contributed by atoms with Crippen molar-refractivity contribution in [3.05, 3.63) is 34.9 Å². The quantitative estimate of drug-likeness (QED) is 0.817. The highest BCUT2D eigenvalue weighted by molar-refractivity contribution is 6.30. The Labute approximate surface area is 111 Å². The van der Waals surface area contributed by atoms with Crippen LogP contribution in [0.25, 0.3) is 11.3 Å². The first-order valence-electron chi connectivity index (χ1n) is 5.76. The molecule has 96 valence electrons. The van der Waals surface area contributed by atoms with E-state index in [1.54, 1.807) is 7.11 Å². The molecule has 4 nitrogen and oxygen atoms in total. The Morgan fingerprint density at radius 1 is 1.44 bits per heavy atom. The van der Waals surface area contributed by atoms with Crippen LogP contribution < -0.4 is 5.32 Å². The van der Waals surface area contributed by atoms with Gasteiger partial charge in [-0.1, -0.05) is 23.7 Å². The van der Waals surface area contributed by atoms with Crippen LogP contribution in [0.1, 0.15) is 5.56 Å². The molecule has 1 aromatic carbocycles. The van der Waals surface area contributed by atoms with Gasteiger partial charge in [-0.25, -0.2) is 0 Å². The van der Waals surface area contributed by atoms with Crippen LogP contribution >= 0.6 is 11.6 Å². The van der Waals surface area contributed by atoms with Crippen LogP contribution in [0.3, 0.4) is 0 Å². The second-order valence-corrected chi connectivity index (χ2v) is 4.44. The predicted octanol–water partition coefficient (Wildman–Crippen LogP) is 3.10. The molecular weight excluding hydrogens is 250 g/mol. The minimum atomic E-state index is 0.652. The number of aromatic nitrogens is 2. The SMILES string of the molecule is COCCNc1n[nH]c(-c2cccc(Cl)c2)c1C. The fourth-order valence-electron chi connectivity index (χ4n) is 1.77. The molecule has 2 aromatic rings. The molecule has 1 heterocycles. The highest BCUT2D eigenvalue weighted by Gasteiger charge is 2.10. The van der Waals surface area contributed by atoms with E-state index < -0.39 is 0 Å². The van der Waals surface area contributed by atoms with E-state index in [0.717, 1.165) is 34.2 Å². The minimum absolute atomic E-state index is 0.652. The number of nitrogens with zero attached hydrogens (tertiary/aromatic N) is 1. The fourth-order valence-corrected chi connectivity index (χ4v) is 1.96. The van der Waals surface area contributed by atoms with E-state index in [1.807, 2.05) is 31.2 Å². The molecule has 18 heavy (non-hydrogen) atoms. The molecule has 0 radical (unpaired) electrons. The number of nitrogens with one attached hydrogen (secondary N) is 2. The molecule has 0 amide bonds. The Kier molecular flexibility index (Phi) is 4.23. The molecule has 0 atom stereocenters. The Bertz CT molecular complexity index is 525. The summed E-state index contributed by atoms with van der Waals surface area (Å²) >= 11 is 5.99. The highest BCUT2D eigenvalue weighted by atomic mass is 35.5. The summed E-state index contributed by atoms with van der Waals surface area (Å²) in [7, 11) is 1.68. The molecule has 0 bridgehead atoms. The van der Waals surface area contributed by atoms with Crippen molar-refractivity contribution in [3.8, 4) is 11.3 Å². The third-order valence-electron chi connectivity index (χ3n) is 2.72. The lowest BCUT2D eigenvalue weighted by molar-refractivity contribution is 0.210. The summed E-state index contributed by atoms with van der Waals surface area (Å²) in [5.74, 6) is 0.849. The minimum Gasteiger partial charge on any atom is -0.383 e. The topological polar surface area (TPSA) is 49.9 Å². The molecular formula is C13H16ClN3O. The molecule has 0 aliphatic heterocycles. The van der Waals surface area contributed by atoms with Gasteiger partial charge in [0.2, 0.25) is 0 Å². The summed E-state index contributed by atoms with van der Waals surface area (Å²) in [5.41, 5.74) is 3.10. The molecule has 0 aliphatic rings. The van der Waals surface area contributed by atoms with E-state index in [2.05, 4.69) is 15.5 Å². The van der Waals surface area contributed by atoms with Crippen molar-refractivity contribution in [3.63, 3.8) is 0 Å². The summed E-state index contributed by atoms with van der Waals surface area (Å²) < 4.78 is 4.99. The van der Waals surface area contributed by atoms with Gasteiger partial charge in [-0.05, 0) is 19.1 Å². The van der Waals surface area contributed by atoms with Crippen molar-refractivity contribution in [2.45, 2.75) is 6.92 Å². The third kappa shape index (κ3) is 2.83. The van der Waals surface area contributed by atoms with E-state index in [4.69, 9.17) is 16.3 Å². The average Bonchev–Trinajstić information content (AvgIpc) is 2.72. The summed E-state index contributed by atoms with van der Waals surface area (Å²) in [6.45, 7) is 3.41. The van der Waals surface area contributed by atoms with E-state index in [9.17, 15) is 0 Å². The normalized spacial score (nSPS) is 10.6. The van der Waals surface area contributed by atoms with Gasteiger partial charge < -0.3 is 10.1 Å². The molecule has 0 unspecified atom stereocenters. The smallest absolute Gasteiger partial charge is 0.151 e. The second-order valence-electron chi connectivity index (χ2n) is 4.00. The lowest BCUT2D eigenvalue weighted by Crippen LogP contribution is -2.08. The number of anilines is 1. The van der Waals surface area contributed by atoms with E-state index >= 15 is 0 Å². The third-order valence-corrected chi connectivity index (χ3v) is 2.96. The maximum absolute atomic E-state index is 5.99. The van der Waals surface area contributed by atoms with Crippen molar-refractivity contribution in [1.29, 1.82) is 0 Å². The standard InChI is InChI=1S/C13H16ClN3O/c1-9-12(10-4-3-5-11(14)8-10)16-17-13(9)15-6-7-18-2/h3-5,8H,6-7H2,1-2H3,(H2,15,16,17). The fraction of sp³-hybridized carbons (Fsp3) is 0.308. The van der Waals surface area contributed by atoms with Crippen molar-refractivity contribution >= 4 is 17.4 Å². The van der Waals surface area contributed by atoms with Gasteiger partial charge in [0.05, 0.1) is 12.3 Å². The molecule has 0 fully saturated rings. The van der Waals surface area contributed by atoms with Crippen LogP contribution in [0.5, 0.6) is 0 Å². The molecule has 0 spiro atoms. The molecule has 0 saturated carbocycles. The monoisotopic (exact) mass is 265 g/mol. The number of aromatic amines is 1. The van der Waals surface area contributed by atoms with Crippen molar-refractivity contribution in [1.82, 2.24) is 10.2 Å². The van der Waals surface area contributed by atoms with Gasteiger partial charge in [0.15, 0.2) is 5.82 Å². The summed E-state index contributed by atoms with van der Waals surface area (Å²) in [4.78, 5) is 0. The average molecular weight is 266 g/mol. The number of halogens is 1. The zero-order valence-corrected chi connectivity index (χ0v) is 11.2. The number of rotatable bonds is 5. The Morgan fingerprint density at radius 3 is 3.00 bits per heavy atom. The zero-order chi connectivity index (χ0) is 13.0. The first-order valence-corrected chi connectivity index (χ1v) is 6.14. The maximum Gasteiger partial charge on any atom is 0.151 e. The number of benzene rings is 1. The van der Waals surface area contributed by atoms with Crippen molar-refractivity contribution in [2.24, 2.45) is 0 Å². The van der Waals surface area contributed by atoms with Gasteiger partial charge in [0.25, 0.3) is 0 Å².